The Morgan fingerprint density at radius 1 is 1.41 bits per heavy atom. The minimum absolute atomic E-state index is 0.0249. The first-order valence-electron chi connectivity index (χ1n) is 5.73. The third-order valence-corrected chi connectivity index (χ3v) is 2.84. The molecule has 0 aliphatic rings. The van der Waals surface area contributed by atoms with E-state index in [0.29, 0.717) is 12.5 Å². The molecule has 0 aliphatic carbocycles. The number of rotatable bonds is 4. The molecular weight excluding hydrogens is 218 g/mol. The Hall–Kier alpha value is -1.71. The van der Waals surface area contributed by atoms with Gasteiger partial charge in [-0.25, -0.2) is 0 Å². The van der Waals surface area contributed by atoms with Crippen LogP contribution in [0.2, 0.25) is 0 Å². The molecule has 1 aromatic carbocycles. The van der Waals surface area contributed by atoms with Crippen LogP contribution in [0.1, 0.15) is 30.6 Å². The molecule has 17 heavy (non-hydrogen) atoms. The van der Waals surface area contributed by atoms with Gasteiger partial charge in [-0.1, -0.05) is 20.3 Å². The van der Waals surface area contributed by atoms with E-state index >= 15 is 0 Å². The molecule has 0 aromatic heterocycles. The molecule has 2 N–H and O–H groups in total. The van der Waals surface area contributed by atoms with E-state index in [1.54, 1.807) is 11.9 Å². The predicted molar refractivity (Wildman–Crippen MR) is 66.2 cm³/mol. The van der Waals surface area contributed by atoms with E-state index in [4.69, 9.17) is 0 Å². The lowest BCUT2D eigenvalue weighted by atomic mass is 10.1. The smallest absolute Gasteiger partial charge is 0.257 e. The Bertz CT molecular complexity index is 404. The number of hydrogen-bond donors (Lipinski definition) is 2. The van der Waals surface area contributed by atoms with Crippen LogP contribution in [-0.2, 0) is 0 Å². The van der Waals surface area contributed by atoms with Gasteiger partial charge in [0, 0.05) is 13.6 Å². The lowest BCUT2D eigenvalue weighted by molar-refractivity contribution is 0.0771. The highest BCUT2D eigenvalue weighted by atomic mass is 16.3. The van der Waals surface area contributed by atoms with Crippen molar-refractivity contribution in [3.63, 3.8) is 0 Å². The number of amides is 1. The number of phenols is 2. The average molecular weight is 237 g/mol. The van der Waals surface area contributed by atoms with Crippen LogP contribution in [0.15, 0.2) is 18.2 Å². The van der Waals surface area contributed by atoms with Gasteiger partial charge in [-0.05, 0) is 24.1 Å². The van der Waals surface area contributed by atoms with Crippen LogP contribution in [0.4, 0.5) is 0 Å². The van der Waals surface area contributed by atoms with Crippen LogP contribution in [0, 0.1) is 5.92 Å². The zero-order chi connectivity index (χ0) is 13.0. The highest BCUT2D eigenvalue weighted by Gasteiger charge is 2.17. The Labute approximate surface area is 101 Å². The van der Waals surface area contributed by atoms with Crippen molar-refractivity contribution in [2.24, 2.45) is 5.92 Å². The topological polar surface area (TPSA) is 60.8 Å². The number of nitrogens with zero attached hydrogens (tertiary/aromatic N) is 1. The summed E-state index contributed by atoms with van der Waals surface area (Å²) in [4.78, 5) is 13.6. The van der Waals surface area contributed by atoms with Crippen molar-refractivity contribution in [2.75, 3.05) is 13.6 Å². The van der Waals surface area contributed by atoms with Crippen molar-refractivity contribution in [2.45, 2.75) is 20.3 Å². The van der Waals surface area contributed by atoms with E-state index in [1.807, 2.05) is 0 Å². The Morgan fingerprint density at radius 3 is 2.65 bits per heavy atom. The Balaban J connectivity index is 2.85. The summed E-state index contributed by atoms with van der Waals surface area (Å²) in [5, 5.41) is 18.9. The fourth-order valence-corrected chi connectivity index (χ4v) is 1.58. The second-order valence-corrected chi connectivity index (χ2v) is 4.40. The van der Waals surface area contributed by atoms with E-state index in [9.17, 15) is 15.0 Å². The van der Waals surface area contributed by atoms with E-state index in [2.05, 4.69) is 13.8 Å². The van der Waals surface area contributed by atoms with Gasteiger partial charge < -0.3 is 15.1 Å². The molecule has 0 saturated carbocycles. The molecule has 1 unspecified atom stereocenters. The van der Waals surface area contributed by atoms with Crippen LogP contribution in [-0.4, -0.2) is 34.6 Å². The zero-order valence-electron chi connectivity index (χ0n) is 10.5. The van der Waals surface area contributed by atoms with Gasteiger partial charge in [0.25, 0.3) is 5.91 Å². The minimum atomic E-state index is -0.279. The fourth-order valence-electron chi connectivity index (χ4n) is 1.58. The van der Waals surface area contributed by atoms with Gasteiger partial charge in [0.05, 0.1) is 5.56 Å². The fraction of sp³-hybridized carbons (Fsp3) is 0.462. The molecule has 4 heteroatoms. The molecule has 0 bridgehead atoms. The highest BCUT2D eigenvalue weighted by molar-refractivity contribution is 5.97. The number of aromatic hydroxyl groups is 2. The molecule has 0 heterocycles. The number of phenolic OH excluding ortho intramolecular Hbond substituents is 2. The average Bonchev–Trinajstić information content (AvgIpc) is 2.31. The third kappa shape index (κ3) is 3.37. The van der Waals surface area contributed by atoms with Crippen LogP contribution in [0.3, 0.4) is 0 Å². The summed E-state index contributed by atoms with van der Waals surface area (Å²) in [6.45, 7) is 4.76. The molecule has 0 saturated heterocycles. The number of hydrogen-bond acceptors (Lipinski definition) is 3. The van der Waals surface area contributed by atoms with Crippen molar-refractivity contribution in [1.29, 1.82) is 0 Å². The summed E-state index contributed by atoms with van der Waals surface area (Å²) in [6.07, 6.45) is 0.990. The van der Waals surface area contributed by atoms with Crippen molar-refractivity contribution in [3.8, 4) is 11.5 Å². The maximum atomic E-state index is 12.0. The third-order valence-electron chi connectivity index (χ3n) is 2.84. The minimum Gasteiger partial charge on any atom is -0.508 e. The van der Waals surface area contributed by atoms with Crippen LogP contribution in [0.5, 0.6) is 11.5 Å². The summed E-state index contributed by atoms with van der Waals surface area (Å²) in [5.74, 6) is -0.00556. The maximum Gasteiger partial charge on any atom is 0.257 e. The normalized spacial score (nSPS) is 12.2. The van der Waals surface area contributed by atoms with Gasteiger partial charge in [-0.2, -0.15) is 0 Å². The first kappa shape index (κ1) is 13.4. The molecule has 1 atom stereocenters. The van der Waals surface area contributed by atoms with Crippen molar-refractivity contribution in [3.05, 3.63) is 23.8 Å². The molecule has 0 radical (unpaired) electrons. The molecule has 1 amide bonds. The first-order valence-corrected chi connectivity index (χ1v) is 5.73. The van der Waals surface area contributed by atoms with Gasteiger partial charge in [0.1, 0.15) is 11.5 Å². The number of benzene rings is 1. The van der Waals surface area contributed by atoms with Crippen molar-refractivity contribution < 1.29 is 15.0 Å². The van der Waals surface area contributed by atoms with Gasteiger partial charge in [0.2, 0.25) is 0 Å². The maximum absolute atomic E-state index is 12.0. The molecule has 0 aliphatic heterocycles. The SMILES string of the molecule is CCC(C)CN(C)C(=O)c1cc(O)ccc1O. The van der Waals surface area contributed by atoms with E-state index in [0.717, 1.165) is 6.42 Å². The van der Waals surface area contributed by atoms with Gasteiger partial charge in [-0.15, -0.1) is 0 Å². The molecular formula is C13H19NO3. The van der Waals surface area contributed by atoms with Gasteiger partial charge in [0.15, 0.2) is 0 Å². The number of carbonyl (C=O) groups excluding carboxylic acids is 1. The number of carbonyl (C=O) groups is 1. The lowest BCUT2D eigenvalue weighted by Gasteiger charge is -2.21. The second-order valence-electron chi connectivity index (χ2n) is 4.40. The molecule has 1 rings (SSSR count). The van der Waals surface area contributed by atoms with Crippen molar-refractivity contribution in [1.82, 2.24) is 4.90 Å². The quantitative estimate of drug-likeness (QED) is 0.789. The highest BCUT2D eigenvalue weighted by Crippen LogP contribution is 2.23. The Morgan fingerprint density at radius 2 is 2.06 bits per heavy atom. The van der Waals surface area contributed by atoms with E-state index < -0.39 is 0 Å². The van der Waals surface area contributed by atoms with Crippen LogP contribution >= 0.6 is 0 Å². The molecule has 1 aromatic rings. The predicted octanol–water partition coefficient (Wildman–Crippen LogP) is 2.22. The standard InChI is InChI=1S/C13H19NO3/c1-4-9(2)8-14(3)13(17)11-7-10(15)5-6-12(11)16/h5-7,9,15-16H,4,8H2,1-3H3. The summed E-state index contributed by atoms with van der Waals surface area (Å²) >= 11 is 0. The molecule has 0 fully saturated rings. The summed E-state index contributed by atoms with van der Waals surface area (Å²) in [7, 11) is 1.69. The first-order chi connectivity index (χ1) is 7.95. The van der Waals surface area contributed by atoms with Gasteiger partial charge in [-0.3, -0.25) is 4.79 Å². The molecule has 94 valence electrons. The molecule has 0 spiro atoms. The Kier molecular flexibility index (Phi) is 4.37. The molecule has 4 nitrogen and oxygen atoms in total. The van der Waals surface area contributed by atoms with E-state index in [-0.39, 0.29) is 23.0 Å². The zero-order valence-corrected chi connectivity index (χ0v) is 10.5. The second kappa shape index (κ2) is 5.57. The van der Waals surface area contributed by atoms with Crippen LogP contribution in [0.25, 0.3) is 0 Å². The largest absolute Gasteiger partial charge is 0.508 e. The van der Waals surface area contributed by atoms with E-state index in [1.165, 1.54) is 18.2 Å². The van der Waals surface area contributed by atoms with Gasteiger partial charge >= 0.3 is 0 Å². The summed E-state index contributed by atoms with van der Waals surface area (Å²) in [5.41, 5.74) is 0.135. The monoisotopic (exact) mass is 237 g/mol. The lowest BCUT2D eigenvalue weighted by Crippen LogP contribution is -2.30. The van der Waals surface area contributed by atoms with Crippen molar-refractivity contribution >= 4 is 5.91 Å². The summed E-state index contributed by atoms with van der Waals surface area (Å²) in [6, 6.07) is 3.95. The summed E-state index contributed by atoms with van der Waals surface area (Å²) < 4.78 is 0. The van der Waals surface area contributed by atoms with Crippen LogP contribution < -0.4 is 0 Å².